The number of hydrogen-bond acceptors (Lipinski definition) is 8. The highest BCUT2D eigenvalue weighted by atomic mass is 32.2. The number of pyridine rings is 1. The SMILES string of the molecule is CS(=O)(=O)NCCN1CCN(c2ccc(Nc3cc(NCc4cc(F)cc(F)c4)c(C(N)=O)cn3)cc2)CC1. The number of benzene rings is 2. The summed E-state index contributed by atoms with van der Waals surface area (Å²) in [7, 11) is -3.18. The normalized spacial score (nSPS) is 14.3. The summed E-state index contributed by atoms with van der Waals surface area (Å²) < 4.78 is 52.0. The van der Waals surface area contributed by atoms with Crippen molar-refractivity contribution in [3.63, 3.8) is 0 Å². The second-order valence-corrected chi connectivity index (χ2v) is 11.1. The van der Waals surface area contributed by atoms with Crippen LogP contribution in [0.2, 0.25) is 0 Å². The van der Waals surface area contributed by atoms with Crippen molar-refractivity contribution < 1.29 is 22.0 Å². The van der Waals surface area contributed by atoms with Crippen LogP contribution in [-0.2, 0) is 16.6 Å². The number of primary amides is 1. The maximum atomic E-state index is 13.5. The molecule has 1 amide bonds. The lowest BCUT2D eigenvalue weighted by Gasteiger charge is -2.36. The van der Waals surface area contributed by atoms with Crippen LogP contribution >= 0.6 is 0 Å². The standard InChI is InChI=1S/C26H31F2N7O3S/c1-39(37,38)32-6-7-34-8-10-35(11-9-34)22-4-2-21(3-5-22)33-25-15-24(23(17-31-25)26(29)36)30-16-18-12-19(27)14-20(28)13-18/h2-5,12-15,17,32H,6-11,16H2,1H3,(H2,29,36)(H2,30,31,33). The number of aromatic nitrogens is 1. The Kier molecular flexibility index (Phi) is 8.94. The molecule has 0 bridgehead atoms. The van der Waals surface area contributed by atoms with Crippen LogP contribution in [0.15, 0.2) is 54.7 Å². The molecule has 4 rings (SSSR count). The van der Waals surface area contributed by atoms with Crippen molar-refractivity contribution in [3.8, 4) is 0 Å². The van der Waals surface area contributed by atoms with Crippen LogP contribution in [-0.4, -0.2) is 69.7 Å². The van der Waals surface area contributed by atoms with Gasteiger partial charge in [0.1, 0.15) is 17.5 Å². The van der Waals surface area contributed by atoms with E-state index in [9.17, 15) is 22.0 Å². The van der Waals surface area contributed by atoms with Crippen LogP contribution in [0.1, 0.15) is 15.9 Å². The van der Waals surface area contributed by atoms with E-state index in [0.29, 0.717) is 30.2 Å². The molecule has 5 N–H and O–H groups in total. The summed E-state index contributed by atoms with van der Waals surface area (Å²) in [4.78, 5) is 20.6. The minimum absolute atomic E-state index is 0.0780. The van der Waals surface area contributed by atoms with Crippen molar-refractivity contribution in [3.05, 3.63) is 77.5 Å². The van der Waals surface area contributed by atoms with Gasteiger partial charge >= 0.3 is 0 Å². The predicted molar refractivity (Wildman–Crippen MR) is 148 cm³/mol. The Morgan fingerprint density at radius 2 is 1.69 bits per heavy atom. The van der Waals surface area contributed by atoms with E-state index in [4.69, 9.17) is 5.73 Å². The number of anilines is 4. The van der Waals surface area contributed by atoms with Gasteiger partial charge < -0.3 is 21.3 Å². The van der Waals surface area contributed by atoms with E-state index in [0.717, 1.165) is 49.9 Å². The van der Waals surface area contributed by atoms with Gasteiger partial charge in [-0.15, -0.1) is 0 Å². The van der Waals surface area contributed by atoms with E-state index < -0.39 is 27.6 Å². The van der Waals surface area contributed by atoms with Gasteiger partial charge in [0.15, 0.2) is 0 Å². The van der Waals surface area contributed by atoms with Crippen LogP contribution in [0.5, 0.6) is 0 Å². The summed E-state index contributed by atoms with van der Waals surface area (Å²) in [5, 5.41) is 6.20. The zero-order valence-electron chi connectivity index (χ0n) is 21.5. The first-order valence-electron chi connectivity index (χ1n) is 12.3. The van der Waals surface area contributed by atoms with E-state index in [1.165, 1.54) is 18.3 Å². The van der Waals surface area contributed by atoms with Crippen molar-refractivity contribution in [2.45, 2.75) is 6.54 Å². The largest absolute Gasteiger partial charge is 0.380 e. The Bertz CT molecular complexity index is 1390. The van der Waals surface area contributed by atoms with Crippen molar-refractivity contribution >= 4 is 38.8 Å². The lowest BCUT2D eigenvalue weighted by Crippen LogP contribution is -2.48. The number of halogens is 2. The second-order valence-electron chi connectivity index (χ2n) is 9.28. The monoisotopic (exact) mass is 559 g/mol. The zero-order valence-corrected chi connectivity index (χ0v) is 22.3. The number of carbonyl (C=O) groups excluding carboxylic acids is 1. The Balaban J connectivity index is 1.35. The Morgan fingerprint density at radius 1 is 1.03 bits per heavy atom. The number of rotatable bonds is 11. The predicted octanol–water partition coefficient (Wildman–Crippen LogP) is 2.49. The molecule has 0 atom stereocenters. The number of nitrogens with zero attached hydrogens (tertiary/aromatic N) is 3. The van der Waals surface area contributed by atoms with Gasteiger partial charge in [-0.2, -0.15) is 0 Å². The average molecular weight is 560 g/mol. The third-order valence-electron chi connectivity index (χ3n) is 6.24. The Hall–Kier alpha value is -3.81. The summed E-state index contributed by atoms with van der Waals surface area (Å²) >= 11 is 0. The maximum absolute atomic E-state index is 13.5. The highest BCUT2D eigenvalue weighted by Gasteiger charge is 2.17. The number of carbonyl (C=O) groups is 1. The Morgan fingerprint density at radius 3 is 2.31 bits per heavy atom. The molecule has 0 radical (unpaired) electrons. The molecule has 1 aromatic heterocycles. The highest BCUT2D eigenvalue weighted by molar-refractivity contribution is 7.88. The first kappa shape index (κ1) is 28.2. The van der Waals surface area contributed by atoms with Crippen LogP contribution in [0.4, 0.5) is 31.7 Å². The minimum atomic E-state index is -3.18. The van der Waals surface area contributed by atoms with Crippen molar-refractivity contribution in [1.82, 2.24) is 14.6 Å². The summed E-state index contributed by atoms with van der Waals surface area (Å²) in [6.07, 6.45) is 2.50. The molecule has 0 saturated carbocycles. The van der Waals surface area contributed by atoms with E-state index in [-0.39, 0.29) is 12.1 Å². The molecule has 3 aromatic rings. The highest BCUT2D eigenvalue weighted by Crippen LogP contribution is 2.25. The van der Waals surface area contributed by atoms with Gasteiger partial charge in [-0.25, -0.2) is 26.9 Å². The molecular formula is C26H31F2N7O3S. The molecule has 208 valence electrons. The van der Waals surface area contributed by atoms with Gasteiger partial charge in [0.2, 0.25) is 10.0 Å². The molecule has 0 aliphatic carbocycles. The molecule has 0 spiro atoms. The van der Waals surface area contributed by atoms with Crippen LogP contribution < -0.4 is 26.0 Å². The molecule has 39 heavy (non-hydrogen) atoms. The maximum Gasteiger partial charge on any atom is 0.252 e. The first-order valence-corrected chi connectivity index (χ1v) is 14.2. The molecule has 1 aliphatic heterocycles. The summed E-state index contributed by atoms with van der Waals surface area (Å²) in [6, 6.07) is 12.7. The molecule has 10 nitrogen and oxygen atoms in total. The van der Waals surface area contributed by atoms with Gasteiger partial charge in [-0.1, -0.05) is 0 Å². The molecule has 2 heterocycles. The van der Waals surface area contributed by atoms with E-state index >= 15 is 0 Å². The molecule has 0 unspecified atom stereocenters. The van der Waals surface area contributed by atoms with Gasteiger partial charge in [0.25, 0.3) is 5.91 Å². The summed E-state index contributed by atoms with van der Waals surface area (Å²) in [6.45, 7) is 4.46. The molecule has 1 fully saturated rings. The third-order valence-corrected chi connectivity index (χ3v) is 6.97. The number of amides is 1. The third kappa shape index (κ3) is 8.34. The lowest BCUT2D eigenvalue weighted by atomic mass is 10.1. The number of nitrogens with two attached hydrogens (primary N) is 1. The van der Waals surface area contributed by atoms with Crippen molar-refractivity contribution in [2.24, 2.45) is 5.73 Å². The van der Waals surface area contributed by atoms with Gasteiger partial charge in [-0.3, -0.25) is 9.69 Å². The van der Waals surface area contributed by atoms with E-state index in [2.05, 4.69) is 30.1 Å². The number of sulfonamides is 1. The molecule has 13 heteroatoms. The quantitative estimate of drug-likeness (QED) is 0.282. The number of nitrogens with one attached hydrogen (secondary N) is 3. The average Bonchev–Trinajstić information content (AvgIpc) is 2.87. The lowest BCUT2D eigenvalue weighted by molar-refractivity contribution is 0.100. The van der Waals surface area contributed by atoms with Gasteiger partial charge in [0.05, 0.1) is 17.5 Å². The first-order chi connectivity index (χ1) is 18.6. The van der Waals surface area contributed by atoms with Crippen LogP contribution in [0.3, 0.4) is 0 Å². The Labute approximate surface area is 226 Å². The summed E-state index contributed by atoms with van der Waals surface area (Å²) in [5.41, 5.74) is 8.23. The molecule has 2 aromatic carbocycles. The number of hydrogen-bond donors (Lipinski definition) is 4. The molecular weight excluding hydrogens is 528 g/mol. The van der Waals surface area contributed by atoms with Crippen molar-refractivity contribution in [2.75, 3.05) is 61.1 Å². The fraction of sp³-hybridized carbons (Fsp3) is 0.308. The molecule has 1 saturated heterocycles. The van der Waals surface area contributed by atoms with Gasteiger partial charge in [-0.05, 0) is 42.0 Å². The number of piperazine rings is 1. The second kappa shape index (κ2) is 12.4. The molecule has 1 aliphatic rings. The van der Waals surface area contributed by atoms with E-state index in [1.807, 2.05) is 24.3 Å². The topological polar surface area (TPSA) is 133 Å². The fourth-order valence-corrected chi connectivity index (χ4v) is 4.76. The fourth-order valence-electron chi connectivity index (χ4n) is 4.30. The minimum Gasteiger partial charge on any atom is -0.380 e. The van der Waals surface area contributed by atoms with Gasteiger partial charge in [0, 0.05) is 75.5 Å². The summed E-state index contributed by atoms with van der Waals surface area (Å²) in [5.74, 6) is -1.60. The zero-order chi connectivity index (χ0) is 28.0. The van der Waals surface area contributed by atoms with Crippen LogP contribution in [0, 0.1) is 11.6 Å². The smallest absolute Gasteiger partial charge is 0.252 e. The van der Waals surface area contributed by atoms with Crippen LogP contribution in [0.25, 0.3) is 0 Å². The van der Waals surface area contributed by atoms with E-state index in [1.54, 1.807) is 6.07 Å². The van der Waals surface area contributed by atoms with Crippen molar-refractivity contribution in [1.29, 1.82) is 0 Å².